The number of anilines is 2. The van der Waals surface area contributed by atoms with Crippen LogP contribution in [0.5, 0.6) is 0 Å². The second kappa shape index (κ2) is 8.10. The standard InChI is InChI=1S/C22H17ClFN5S/c23-14-1-3-17(24)16(9-14)19-11-20(22(29-28-19)13-5-7-25-8-6-13)27-15-2-4-18-21(10-15)30-12-26-18/h1-5,9-12,25H,6-8H2,(H,27,28). The Bertz CT molecular complexity index is 1270. The molecule has 3 heterocycles. The first kappa shape index (κ1) is 19.1. The van der Waals surface area contributed by atoms with E-state index in [0.717, 1.165) is 52.4 Å². The number of nitrogens with zero attached hydrogens (tertiary/aromatic N) is 3. The van der Waals surface area contributed by atoms with Crippen LogP contribution in [0.25, 0.3) is 27.0 Å². The fourth-order valence-corrected chi connectivity index (χ4v) is 4.36. The lowest BCUT2D eigenvalue weighted by Crippen LogP contribution is -2.20. The molecule has 1 aliphatic heterocycles. The molecule has 0 radical (unpaired) electrons. The van der Waals surface area contributed by atoms with Crippen molar-refractivity contribution in [3.8, 4) is 11.3 Å². The Morgan fingerprint density at radius 1 is 1.10 bits per heavy atom. The summed E-state index contributed by atoms with van der Waals surface area (Å²) in [7, 11) is 0. The molecule has 0 fully saturated rings. The van der Waals surface area contributed by atoms with Crippen LogP contribution in [0.3, 0.4) is 0 Å². The second-order valence-corrected chi connectivity index (χ2v) is 8.28. The van der Waals surface area contributed by atoms with Crippen molar-refractivity contribution >= 4 is 50.1 Å². The highest BCUT2D eigenvalue weighted by Crippen LogP contribution is 2.33. The van der Waals surface area contributed by atoms with Crippen LogP contribution in [0.1, 0.15) is 12.1 Å². The smallest absolute Gasteiger partial charge is 0.132 e. The largest absolute Gasteiger partial charge is 0.354 e. The van der Waals surface area contributed by atoms with Crippen molar-refractivity contribution in [3.05, 3.63) is 70.6 Å². The summed E-state index contributed by atoms with van der Waals surface area (Å²) >= 11 is 7.67. The third kappa shape index (κ3) is 3.79. The van der Waals surface area contributed by atoms with Gasteiger partial charge in [0.2, 0.25) is 0 Å². The molecule has 0 unspecified atom stereocenters. The van der Waals surface area contributed by atoms with Gasteiger partial charge in [-0.15, -0.1) is 21.5 Å². The van der Waals surface area contributed by atoms with Crippen LogP contribution in [0.15, 0.2) is 54.1 Å². The zero-order valence-corrected chi connectivity index (χ0v) is 17.4. The zero-order valence-electron chi connectivity index (χ0n) is 15.8. The van der Waals surface area contributed by atoms with Gasteiger partial charge in [-0.1, -0.05) is 17.7 Å². The quantitative estimate of drug-likeness (QED) is 0.431. The van der Waals surface area contributed by atoms with Gasteiger partial charge in [0, 0.05) is 22.8 Å². The zero-order chi connectivity index (χ0) is 20.5. The highest BCUT2D eigenvalue weighted by molar-refractivity contribution is 7.16. The molecule has 2 aromatic heterocycles. The number of halogens is 2. The molecule has 2 aromatic carbocycles. The van der Waals surface area contributed by atoms with E-state index in [4.69, 9.17) is 11.6 Å². The summed E-state index contributed by atoms with van der Waals surface area (Å²) in [6.07, 6.45) is 2.97. The molecule has 150 valence electrons. The maximum absolute atomic E-state index is 14.4. The summed E-state index contributed by atoms with van der Waals surface area (Å²) in [5.41, 5.74) is 7.10. The van der Waals surface area contributed by atoms with Gasteiger partial charge in [0.05, 0.1) is 27.1 Å². The van der Waals surface area contributed by atoms with Crippen LogP contribution < -0.4 is 10.6 Å². The average molecular weight is 438 g/mol. The molecule has 0 saturated heterocycles. The Morgan fingerprint density at radius 3 is 2.90 bits per heavy atom. The normalized spacial score (nSPS) is 14.0. The highest BCUT2D eigenvalue weighted by atomic mass is 35.5. The molecule has 30 heavy (non-hydrogen) atoms. The van der Waals surface area contributed by atoms with E-state index in [2.05, 4.69) is 31.9 Å². The lowest BCUT2D eigenvalue weighted by atomic mass is 10.0. The van der Waals surface area contributed by atoms with Crippen LogP contribution in [0, 0.1) is 5.82 Å². The van der Waals surface area contributed by atoms with Crippen molar-refractivity contribution in [2.45, 2.75) is 6.42 Å². The Hall–Kier alpha value is -2.87. The maximum atomic E-state index is 14.4. The lowest BCUT2D eigenvalue weighted by Gasteiger charge is -2.18. The average Bonchev–Trinajstić information content (AvgIpc) is 3.24. The Kier molecular flexibility index (Phi) is 5.16. The van der Waals surface area contributed by atoms with Crippen molar-refractivity contribution in [3.63, 3.8) is 0 Å². The Morgan fingerprint density at radius 2 is 2.03 bits per heavy atom. The molecule has 4 aromatic rings. The summed E-state index contributed by atoms with van der Waals surface area (Å²) in [5.74, 6) is -0.389. The first-order valence-corrected chi connectivity index (χ1v) is 10.8. The van der Waals surface area contributed by atoms with E-state index in [9.17, 15) is 4.39 Å². The number of hydrogen-bond donors (Lipinski definition) is 2. The van der Waals surface area contributed by atoms with Gasteiger partial charge in [-0.25, -0.2) is 9.37 Å². The minimum atomic E-state index is -0.389. The lowest BCUT2D eigenvalue weighted by molar-refractivity contribution is 0.630. The van der Waals surface area contributed by atoms with Crippen LogP contribution in [-0.4, -0.2) is 28.3 Å². The third-order valence-corrected chi connectivity index (χ3v) is 6.00. The minimum absolute atomic E-state index is 0.321. The van der Waals surface area contributed by atoms with Gasteiger partial charge < -0.3 is 10.6 Å². The Balaban J connectivity index is 1.60. The predicted molar refractivity (Wildman–Crippen MR) is 121 cm³/mol. The van der Waals surface area contributed by atoms with Gasteiger partial charge in [0.25, 0.3) is 0 Å². The number of rotatable bonds is 4. The van der Waals surface area contributed by atoms with E-state index in [0.29, 0.717) is 16.3 Å². The van der Waals surface area contributed by atoms with Crippen molar-refractivity contribution in [2.75, 3.05) is 18.4 Å². The van der Waals surface area contributed by atoms with Crippen molar-refractivity contribution in [2.24, 2.45) is 0 Å². The number of aromatic nitrogens is 3. The van der Waals surface area contributed by atoms with Gasteiger partial charge in [-0.05, 0) is 61.0 Å². The van der Waals surface area contributed by atoms with E-state index in [-0.39, 0.29) is 5.82 Å². The van der Waals surface area contributed by atoms with Crippen LogP contribution in [0.4, 0.5) is 15.8 Å². The number of hydrogen-bond acceptors (Lipinski definition) is 6. The third-order valence-electron chi connectivity index (χ3n) is 4.98. The van der Waals surface area contributed by atoms with Gasteiger partial charge in [-0.3, -0.25) is 0 Å². The summed E-state index contributed by atoms with van der Waals surface area (Å²) in [4.78, 5) is 4.33. The molecule has 0 amide bonds. The van der Waals surface area contributed by atoms with Crippen LogP contribution in [0.2, 0.25) is 5.02 Å². The van der Waals surface area contributed by atoms with Gasteiger partial charge in [-0.2, -0.15) is 0 Å². The molecule has 0 spiro atoms. The van der Waals surface area contributed by atoms with Gasteiger partial charge in [0.1, 0.15) is 11.5 Å². The van der Waals surface area contributed by atoms with Crippen molar-refractivity contribution < 1.29 is 4.39 Å². The topological polar surface area (TPSA) is 62.7 Å². The monoisotopic (exact) mass is 437 g/mol. The first-order valence-electron chi connectivity index (χ1n) is 9.51. The minimum Gasteiger partial charge on any atom is -0.354 e. The Labute approximate surface area is 181 Å². The van der Waals surface area contributed by atoms with Gasteiger partial charge in [0.15, 0.2) is 0 Å². The number of thiazole rings is 1. The SMILES string of the molecule is Fc1ccc(Cl)cc1-c1cc(Nc2ccc3ncsc3c2)c(C2=CCNCC2)nn1. The molecule has 1 aliphatic rings. The van der Waals surface area contributed by atoms with Crippen LogP contribution >= 0.6 is 22.9 Å². The molecule has 5 nitrogen and oxygen atoms in total. The molecule has 5 rings (SSSR count). The van der Waals surface area contributed by atoms with Crippen LogP contribution in [-0.2, 0) is 0 Å². The summed E-state index contributed by atoms with van der Waals surface area (Å²) in [6.45, 7) is 1.67. The molecular formula is C22H17ClFN5S. The molecular weight excluding hydrogens is 421 g/mol. The molecule has 0 aliphatic carbocycles. The molecule has 2 N–H and O–H groups in total. The van der Waals surface area contributed by atoms with E-state index in [1.165, 1.54) is 12.1 Å². The van der Waals surface area contributed by atoms with E-state index in [1.54, 1.807) is 17.4 Å². The summed E-state index contributed by atoms with van der Waals surface area (Å²) in [5, 5.41) is 16.0. The van der Waals surface area contributed by atoms with E-state index in [1.807, 2.05) is 29.8 Å². The second-order valence-electron chi connectivity index (χ2n) is 6.96. The van der Waals surface area contributed by atoms with E-state index < -0.39 is 0 Å². The summed E-state index contributed by atoms with van der Waals surface area (Å²) < 4.78 is 15.5. The molecule has 0 atom stereocenters. The molecule has 8 heteroatoms. The number of nitrogens with one attached hydrogen (secondary N) is 2. The maximum Gasteiger partial charge on any atom is 0.132 e. The fourth-order valence-electron chi connectivity index (χ4n) is 3.48. The molecule has 0 bridgehead atoms. The van der Waals surface area contributed by atoms with E-state index >= 15 is 0 Å². The van der Waals surface area contributed by atoms with Crippen molar-refractivity contribution in [1.82, 2.24) is 20.5 Å². The number of benzene rings is 2. The predicted octanol–water partition coefficient (Wildman–Crippen LogP) is 5.67. The highest BCUT2D eigenvalue weighted by Gasteiger charge is 2.17. The molecule has 0 saturated carbocycles. The fraction of sp³-hybridized carbons (Fsp3) is 0.136. The van der Waals surface area contributed by atoms with Crippen molar-refractivity contribution in [1.29, 1.82) is 0 Å². The summed E-state index contributed by atoms with van der Waals surface area (Å²) in [6, 6.07) is 12.3. The first-order chi connectivity index (χ1) is 14.7. The van der Waals surface area contributed by atoms with Gasteiger partial charge >= 0.3 is 0 Å². The number of fused-ring (bicyclic) bond motifs is 1.